The number of hydrogen-bond donors (Lipinski definition) is 0. The largest absolute Gasteiger partial charge is 0.461 e. The zero-order chi connectivity index (χ0) is 18.2. The van der Waals surface area contributed by atoms with Crippen molar-refractivity contribution in [3.05, 3.63) is 17.0 Å². The van der Waals surface area contributed by atoms with Crippen LogP contribution in [0.4, 0.5) is 4.79 Å². The Morgan fingerprint density at radius 2 is 2.04 bits per heavy atom. The van der Waals surface area contributed by atoms with Crippen LogP contribution >= 0.6 is 0 Å². The molecule has 0 atom stereocenters. The van der Waals surface area contributed by atoms with Gasteiger partial charge in [0.1, 0.15) is 5.60 Å². The molecule has 1 amide bonds. The molecule has 8 heteroatoms. The molecule has 1 aromatic rings. The highest BCUT2D eigenvalue weighted by Crippen LogP contribution is 2.29. The summed E-state index contributed by atoms with van der Waals surface area (Å²) in [7, 11) is 0. The van der Waals surface area contributed by atoms with Crippen LogP contribution in [0.3, 0.4) is 0 Å². The monoisotopic (exact) mass is 351 g/mol. The van der Waals surface area contributed by atoms with Crippen molar-refractivity contribution in [2.24, 2.45) is 0 Å². The number of rotatable bonds is 3. The fraction of sp³-hybridized carbons (Fsp3) is 0.706. The molecular formula is C17H25N3O5. The lowest BCUT2D eigenvalue weighted by molar-refractivity contribution is -0.0305. The van der Waals surface area contributed by atoms with Crippen molar-refractivity contribution >= 4 is 12.1 Å². The molecule has 0 aliphatic carbocycles. The molecule has 0 bridgehead atoms. The fourth-order valence-corrected chi connectivity index (χ4v) is 2.96. The van der Waals surface area contributed by atoms with E-state index in [-0.39, 0.29) is 24.4 Å². The highest BCUT2D eigenvalue weighted by molar-refractivity contribution is 5.89. The summed E-state index contributed by atoms with van der Waals surface area (Å²) in [4.78, 5) is 26.3. The molecule has 0 aromatic carbocycles. The van der Waals surface area contributed by atoms with Crippen molar-refractivity contribution in [3.63, 3.8) is 0 Å². The Balaban J connectivity index is 1.87. The Kier molecular flexibility index (Phi) is 4.73. The van der Waals surface area contributed by atoms with E-state index < -0.39 is 11.6 Å². The Hall–Kier alpha value is -2.09. The SMILES string of the molecule is CCOC(=O)c1nn(C2COC2)c2c1CN(C(=O)OC(C)(C)C)CC2. The number of amides is 1. The van der Waals surface area contributed by atoms with Gasteiger partial charge in [0.2, 0.25) is 0 Å². The van der Waals surface area contributed by atoms with E-state index in [0.717, 1.165) is 11.3 Å². The maximum Gasteiger partial charge on any atom is 0.410 e. The van der Waals surface area contributed by atoms with Gasteiger partial charge >= 0.3 is 12.1 Å². The van der Waals surface area contributed by atoms with Crippen LogP contribution in [0, 0.1) is 0 Å². The van der Waals surface area contributed by atoms with Crippen molar-refractivity contribution < 1.29 is 23.8 Å². The van der Waals surface area contributed by atoms with Crippen LogP contribution in [0.5, 0.6) is 0 Å². The number of carbonyl (C=O) groups excluding carboxylic acids is 2. The molecule has 3 rings (SSSR count). The predicted molar refractivity (Wildman–Crippen MR) is 88.4 cm³/mol. The minimum Gasteiger partial charge on any atom is -0.461 e. The van der Waals surface area contributed by atoms with E-state index >= 15 is 0 Å². The molecule has 138 valence electrons. The van der Waals surface area contributed by atoms with Crippen LogP contribution in [0.15, 0.2) is 0 Å². The third-order valence-corrected chi connectivity index (χ3v) is 4.17. The maximum absolute atomic E-state index is 12.4. The molecule has 2 aliphatic heterocycles. The van der Waals surface area contributed by atoms with Gasteiger partial charge in [-0.05, 0) is 27.7 Å². The smallest absolute Gasteiger partial charge is 0.410 e. The van der Waals surface area contributed by atoms with E-state index in [9.17, 15) is 9.59 Å². The van der Waals surface area contributed by atoms with Gasteiger partial charge in [0, 0.05) is 24.2 Å². The molecule has 2 aliphatic rings. The quantitative estimate of drug-likeness (QED) is 0.774. The van der Waals surface area contributed by atoms with Crippen LogP contribution in [0.25, 0.3) is 0 Å². The number of esters is 1. The number of hydrogen-bond acceptors (Lipinski definition) is 6. The van der Waals surface area contributed by atoms with Crippen molar-refractivity contribution in [3.8, 4) is 0 Å². The highest BCUT2D eigenvalue weighted by atomic mass is 16.6. The topological polar surface area (TPSA) is 82.9 Å². The van der Waals surface area contributed by atoms with Gasteiger partial charge in [0.15, 0.2) is 5.69 Å². The fourth-order valence-electron chi connectivity index (χ4n) is 2.96. The highest BCUT2D eigenvalue weighted by Gasteiger charge is 2.35. The average molecular weight is 351 g/mol. The van der Waals surface area contributed by atoms with E-state index in [2.05, 4.69) is 5.10 Å². The average Bonchev–Trinajstić information content (AvgIpc) is 2.83. The number of nitrogens with zero attached hydrogens (tertiary/aromatic N) is 3. The molecule has 0 unspecified atom stereocenters. The van der Waals surface area contributed by atoms with Crippen LogP contribution in [-0.4, -0.2) is 58.7 Å². The molecule has 0 N–H and O–H groups in total. The Labute approximate surface area is 147 Å². The summed E-state index contributed by atoms with van der Waals surface area (Å²) in [5.74, 6) is -0.455. The first-order valence-electron chi connectivity index (χ1n) is 8.63. The van der Waals surface area contributed by atoms with Crippen molar-refractivity contribution in [1.82, 2.24) is 14.7 Å². The van der Waals surface area contributed by atoms with Crippen molar-refractivity contribution in [1.29, 1.82) is 0 Å². The van der Waals surface area contributed by atoms with E-state index in [4.69, 9.17) is 14.2 Å². The van der Waals surface area contributed by atoms with E-state index in [1.165, 1.54) is 0 Å². The number of aromatic nitrogens is 2. The molecule has 25 heavy (non-hydrogen) atoms. The predicted octanol–water partition coefficient (Wildman–Crippen LogP) is 1.92. The molecule has 0 saturated carbocycles. The molecule has 1 fully saturated rings. The summed E-state index contributed by atoms with van der Waals surface area (Å²) in [5.41, 5.74) is 1.46. The van der Waals surface area contributed by atoms with Gasteiger partial charge in [-0.1, -0.05) is 0 Å². The number of ether oxygens (including phenoxy) is 3. The van der Waals surface area contributed by atoms with Gasteiger partial charge in [-0.25, -0.2) is 9.59 Å². The van der Waals surface area contributed by atoms with E-state index in [1.54, 1.807) is 11.8 Å². The third-order valence-electron chi connectivity index (χ3n) is 4.17. The van der Waals surface area contributed by atoms with E-state index in [1.807, 2.05) is 25.5 Å². The van der Waals surface area contributed by atoms with Crippen molar-refractivity contribution in [2.75, 3.05) is 26.4 Å². The van der Waals surface area contributed by atoms with Crippen molar-refractivity contribution in [2.45, 2.75) is 52.3 Å². The van der Waals surface area contributed by atoms with Gasteiger partial charge in [-0.2, -0.15) is 5.10 Å². The summed E-state index contributed by atoms with van der Waals surface area (Å²) >= 11 is 0. The van der Waals surface area contributed by atoms with Crippen LogP contribution in [0.2, 0.25) is 0 Å². The molecule has 1 aromatic heterocycles. The van der Waals surface area contributed by atoms with Crippen LogP contribution in [0.1, 0.15) is 55.5 Å². The minimum absolute atomic E-state index is 0.144. The summed E-state index contributed by atoms with van der Waals surface area (Å²) in [6.07, 6.45) is 0.241. The normalized spacial score (nSPS) is 17.7. The summed E-state index contributed by atoms with van der Waals surface area (Å²) in [6.45, 7) is 9.54. The second-order valence-corrected chi connectivity index (χ2v) is 7.28. The van der Waals surface area contributed by atoms with Crippen LogP contribution < -0.4 is 0 Å². The third kappa shape index (κ3) is 3.63. The first kappa shape index (κ1) is 17.7. The minimum atomic E-state index is -0.561. The first-order chi connectivity index (χ1) is 11.8. The summed E-state index contributed by atoms with van der Waals surface area (Å²) in [5, 5.41) is 4.48. The maximum atomic E-state index is 12.4. The number of carbonyl (C=O) groups is 2. The lowest BCUT2D eigenvalue weighted by Crippen LogP contribution is -2.41. The molecular weight excluding hydrogens is 326 g/mol. The zero-order valence-corrected chi connectivity index (χ0v) is 15.2. The van der Waals surface area contributed by atoms with Gasteiger partial charge in [-0.3, -0.25) is 4.68 Å². The molecule has 3 heterocycles. The first-order valence-corrected chi connectivity index (χ1v) is 8.63. The molecule has 0 spiro atoms. The van der Waals surface area contributed by atoms with Gasteiger partial charge < -0.3 is 19.1 Å². The standard InChI is InChI=1S/C17H25N3O5/c1-5-24-15(21)14-12-8-19(16(22)25-17(2,3)4)7-6-13(12)20(18-14)11-9-23-10-11/h11H,5-10H2,1-4H3. The summed E-state index contributed by atoms with van der Waals surface area (Å²) < 4.78 is 17.7. The second-order valence-electron chi connectivity index (χ2n) is 7.28. The lowest BCUT2D eigenvalue weighted by atomic mass is 10.0. The molecule has 1 saturated heterocycles. The van der Waals surface area contributed by atoms with Gasteiger partial charge in [0.05, 0.1) is 32.4 Å². The Morgan fingerprint density at radius 1 is 1.32 bits per heavy atom. The van der Waals surface area contributed by atoms with Gasteiger partial charge in [-0.15, -0.1) is 0 Å². The summed E-state index contributed by atoms with van der Waals surface area (Å²) in [6, 6.07) is 0.144. The molecule has 0 radical (unpaired) electrons. The lowest BCUT2D eigenvalue weighted by Gasteiger charge is -2.32. The van der Waals surface area contributed by atoms with Crippen LogP contribution in [-0.2, 0) is 27.2 Å². The van der Waals surface area contributed by atoms with E-state index in [0.29, 0.717) is 32.7 Å². The second kappa shape index (κ2) is 6.67. The van der Waals surface area contributed by atoms with Gasteiger partial charge in [0.25, 0.3) is 0 Å². The molecule has 8 nitrogen and oxygen atoms in total. The number of fused-ring (bicyclic) bond motifs is 1. The zero-order valence-electron chi connectivity index (χ0n) is 15.2. The Bertz CT molecular complexity index is 673. The Morgan fingerprint density at radius 3 is 2.60 bits per heavy atom.